The number of nitro groups is 1. The Morgan fingerprint density at radius 1 is 1.24 bits per heavy atom. The van der Waals surface area contributed by atoms with E-state index >= 15 is 0 Å². The van der Waals surface area contributed by atoms with Crippen LogP contribution in [0.1, 0.15) is 15.9 Å². The summed E-state index contributed by atoms with van der Waals surface area (Å²) >= 11 is 6.08. The molecule has 0 radical (unpaired) electrons. The maximum atomic E-state index is 11.9. The monoisotopic (exact) mass is 355 g/mol. The molecule has 124 valence electrons. The van der Waals surface area contributed by atoms with Crippen molar-refractivity contribution in [3.8, 4) is 0 Å². The van der Waals surface area contributed by atoms with E-state index in [2.05, 4.69) is 20.5 Å². The Balaban J connectivity index is 1.84. The van der Waals surface area contributed by atoms with Gasteiger partial charge in [-0.15, -0.1) is 0 Å². The molecule has 0 bridgehead atoms. The molecule has 25 heavy (non-hydrogen) atoms. The second kappa shape index (κ2) is 7.02. The molecule has 0 unspecified atom stereocenters. The first kappa shape index (κ1) is 16.5. The van der Waals surface area contributed by atoms with Gasteiger partial charge in [-0.2, -0.15) is 5.10 Å². The van der Waals surface area contributed by atoms with Gasteiger partial charge in [0.15, 0.2) is 0 Å². The normalized spacial score (nSPS) is 10.9. The fourth-order valence-corrected chi connectivity index (χ4v) is 2.28. The number of pyridine rings is 2. The highest BCUT2D eigenvalue weighted by atomic mass is 35.5. The van der Waals surface area contributed by atoms with E-state index in [0.717, 1.165) is 0 Å². The van der Waals surface area contributed by atoms with Crippen LogP contribution in [0, 0.1) is 10.1 Å². The van der Waals surface area contributed by atoms with E-state index in [1.165, 1.54) is 36.8 Å². The van der Waals surface area contributed by atoms with Gasteiger partial charge in [0.2, 0.25) is 0 Å². The highest BCUT2D eigenvalue weighted by Crippen LogP contribution is 2.23. The maximum absolute atomic E-state index is 11.9. The summed E-state index contributed by atoms with van der Waals surface area (Å²) in [5.41, 5.74) is 3.66. The van der Waals surface area contributed by atoms with E-state index in [1.807, 2.05) is 0 Å². The second-order valence-electron chi connectivity index (χ2n) is 4.94. The number of nitrogens with one attached hydrogen (secondary N) is 1. The number of hydrogen-bond donors (Lipinski definition) is 1. The topological polar surface area (TPSA) is 110 Å². The molecule has 3 rings (SSSR count). The van der Waals surface area contributed by atoms with Crippen molar-refractivity contribution in [2.75, 3.05) is 0 Å². The van der Waals surface area contributed by atoms with Crippen molar-refractivity contribution in [1.29, 1.82) is 0 Å². The van der Waals surface area contributed by atoms with Crippen molar-refractivity contribution in [3.05, 3.63) is 75.2 Å². The summed E-state index contributed by atoms with van der Waals surface area (Å²) in [5, 5.41) is 15.4. The van der Waals surface area contributed by atoms with Crippen LogP contribution in [0.4, 0.5) is 5.69 Å². The SMILES string of the molecule is O=C(N/N=C\c1cc2cc([N+](=O)[O-])ccc2nc1Cl)c1ccncc1. The Hall–Kier alpha value is -3.39. The summed E-state index contributed by atoms with van der Waals surface area (Å²) in [6.45, 7) is 0. The maximum Gasteiger partial charge on any atom is 0.271 e. The van der Waals surface area contributed by atoms with E-state index in [-0.39, 0.29) is 10.8 Å². The first-order valence-electron chi connectivity index (χ1n) is 7.03. The van der Waals surface area contributed by atoms with Gasteiger partial charge in [-0.25, -0.2) is 10.4 Å². The molecule has 2 aromatic heterocycles. The van der Waals surface area contributed by atoms with Gasteiger partial charge < -0.3 is 0 Å². The van der Waals surface area contributed by atoms with Crippen LogP contribution in [0.2, 0.25) is 5.15 Å². The Bertz CT molecular complexity index is 992. The van der Waals surface area contributed by atoms with Crippen LogP contribution >= 0.6 is 11.6 Å². The summed E-state index contributed by atoms with van der Waals surface area (Å²) in [6.07, 6.45) is 4.32. The van der Waals surface area contributed by atoms with Crippen molar-refractivity contribution in [2.45, 2.75) is 0 Å². The minimum absolute atomic E-state index is 0.0505. The molecule has 0 aliphatic rings. The van der Waals surface area contributed by atoms with Crippen molar-refractivity contribution in [2.24, 2.45) is 5.10 Å². The van der Waals surface area contributed by atoms with Crippen molar-refractivity contribution in [3.63, 3.8) is 0 Å². The van der Waals surface area contributed by atoms with Gasteiger partial charge >= 0.3 is 0 Å². The second-order valence-corrected chi connectivity index (χ2v) is 5.30. The van der Waals surface area contributed by atoms with Gasteiger partial charge in [-0.05, 0) is 24.3 Å². The van der Waals surface area contributed by atoms with E-state index in [4.69, 9.17) is 11.6 Å². The average Bonchev–Trinajstić information content (AvgIpc) is 2.62. The number of hydrogen-bond acceptors (Lipinski definition) is 6. The van der Waals surface area contributed by atoms with Gasteiger partial charge in [0.1, 0.15) is 5.15 Å². The molecule has 0 saturated carbocycles. The summed E-state index contributed by atoms with van der Waals surface area (Å²) in [6, 6.07) is 8.98. The first-order chi connectivity index (χ1) is 12.0. The van der Waals surface area contributed by atoms with Crippen LogP contribution in [-0.2, 0) is 0 Å². The number of nitrogens with zero attached hydrogens (tertiary/aromatic N) is 4. The molecule has 2 heterocycles. The lowest BCUT2D eigenvalue weighted by molar-refractivity contribution is -0.384. The molecule has 1 N–H and O–H groups in total. The largest absolute Gasteiger partial charge is 0.271 e. The average molecular weight is 356 g/mol. The molecule has 8 nitrogen and oxygen atoms in total. The minimum atomic E-state index is -0.489. The van der Waals surface area contributed by atoms with Gasteiger partial charge in [0, 0.05) is 41.0 Å². The standard InChI is InChI=1S/C16H10ClN5O3/c17-15-12(9-19-21-16(23)10-3-5-18-6-4-10)7-11-8-13(22(24)25)1-2-14(11)20-15/h1-9H,(H,21,23)/b19-9-. The zero-order chi connectivity index (χ0) is 17.8. The molecule has 0 atom stereocenters. The Labute approximate surface area is 146 Å². The Kier molecular flexibility index (Phi) is 4.62. The predicted molar refractivity (Wildman–Crippen MR) is 92.7 cm³/mol. The lowest BCUT2D eigenvalue weighted by atomic mass is 10.1. The van der Waals surface area contributed by atoms with Crippen LogP contribution in [0.25, 0.3) is 10.9 Å². The fraction of sp³-hybridized carbons (Fsp3) is 0. The number of nitro benzene ring substituents is 1. The van der Waals surface area contributed by atoms with Gasteiger partial charge in [0.05, 0.1) is 16.7 Å². The van der Waals surface area contributed by atoms with Crippen LogP contribution in [0.3, 0.4) is 0 Å². The van der Waals surface area contributed by atoms with Crippen molar-refractivity contribution < 1.29 is 9.72 Å². The summed E-state index contributed by atoms with van der Waals surface area (Å²) in [7, 11) is 0. The summed E-state index contributed by atoms with van der Waals surface area (Å²) in [5.74, 6) is -0.404. The number of halogens is 1. The number of aromatic nitrogens is 2. The van der Waals surface area contributed by atoms with Crippen LogP contribution in [0.15, 0.2) is 53.9 Å². The number of carbonyl (C=O) groups is 1. The third kappa shape index (κ3) is 3.75. The van der Waals surface area contributed by atoms with Gasteiger partial charge in [-0.1, -0.05) is 11.6 Å². The van der Waals surface area contributed by atoms with Crippen LogP contribution in [0.5, 0.6) is 0 Å². The quantitative estimate of drug-likeness (QED) is 0.335. The number of hydrazone groups is 1. The molecule has 1 amide bonds. The van der Waals surface area contributed by atoms with E-state index < -0.39 is 10.8 Å². The first-order valence-corrected chi connectivity index (χ1v) is 7.40. The zero-order valence-electron chi connectivity index (χ0n) is 12.6. The highest BCUT2D eigenvalue weighted by Gasteiger charge is 2.09. The molecule has 0 spiro atoms. The van der Waals surface area contributed by atoms with E-state index in [1.54, 1.807) is 18.2 Å². The molecule has 3 aromatic rings. The van der Waals surface area contributed by atoms with Crippen molar-refractivity contribution in [1.82, 2.24) is 15.4 Å². The summed E-state index contributed by atoms with van der Waals surface area (Å²) in [4.78, 5) is 30.2. The third-order valence-corrected chi connectivity index (χ3v) is 3.60. The fourth-order valence-electron chi connectivity index (χ4n) is 2.09. The number of carbonyl (C=O) groups excluding carboxylic acids is 1. The molecule has 0 fully saturated rings. The molecular formula is C16H10ClN5O3. The zero-order valence-corrected chi connectivity index (χ0v) is 13.3. The summed E-state index contributed by atoms with van der Waals surface area (Å²) < 4.78 is 0. The number of fused-ring (bicyclic) bond motifs is 1. The van der Waals surface area contributed by atoms with E-state index in [9.17, 15) is 14.9 Å². The van der Waals surface area contributed by atoms with Crippen molar-refractivity contribution >= 4 is 40.3 Å². The number of benzene rings is 1. The molecule has 0 aliphatic heterocycles. The Morgan fingerprint density at radius 2 is 2.00 bits per heavy atom. The number of rotatable bonds is 4. The van der Waals surface area contributed by atoms with Gasteiger partial charge in [-0.3, -0.25) is 19.9 Å². The predicted octanol–water partition coefficient (Wildman–Crippen LogP) is 2.96. The Morgan fingerprint density at radius 3 is 2.72 bits per heavy atom. The number of amides is 1. The molecule has 9 heteroatoms. The molecule has 0 saturated heterocycles. The lowest BCUT2D eigenvalue weighted by Crippen LogP contribution is -2.17. The van der Waals surface area contributed by atoms with Crippen LogP contribution in [-0.4, -0.2) is 27.0 Å². The van der Waals surface area contributed by atoms with Crippen LogP contribution < -0.4 is 5.43 Å². The number of non-ortho nitro benzene ring substituents is 1. The van der Waals surface area contributed by atoms with Gasteiger partial charge in [0.25, 0.3) is 11.6 Å². The molecule has 1 aromatic carbocycles. The molecule has 0 aliphatic carbocycles. The highest BCUT2D eigenvalue weighted by molar-refractivity contribution is 6.32. The van der Waals surface area contributed by atoms with E-state index in [0.29, 0.717) is 22.0 Å². The minimum Gasteiger partial charge on any atom is -0.267 e. The molecular weight excluding hydrogens is 346 g/mol. The third-order valence-electron chi connectivity index (χ3n) is 3.30. The smallest absolute Gasteiger partial charge is 0.267 e. The lowest BCUT2D eigenvalue weighted by Gasteiger charge is -2.02.